The molecule has 178 valence electrons. The van der Waals surface area contributed by atoms with E-state index in [-0.39, 0.29) is 0 Å². The van der Waals surface area contributed by atoms with Gasteiger partial charge in [0.1, 0.15) is 5.75 Å². The maximum absolute atomic E-state index is 5.92. The fourth-order valence-electron chi connectivity index (χ4n) is 3.99. The number of rotatable bonds is 19. The maximum Gasteiger partial charge on any atom is 0.119 e. The molecule has 0 radical (unpaired) electrons. The molecule has 0 N–H and O–H groups in total. The molecule has 0 unspecified atom stereocenters. The van der Waals surface area contributed by atoms with Crippen molar-refractivity contribution in [3.05, 3.63) is 48.5 Å². The summed E-state index contributed by atoms with van der Waals surface area (Å²) in [7, 11) is 0. The van der Waals surface area contributed by atoms with Gasteiger partial charge < -0.3 is 4.74 Å². The van der Waals surface area contributed by atoms with Gasteiger partial charge in [0.05, 0.1) is 6.61 Å². The Hall–Kier alpha value is -1.41. The van der Waals surface area contributed by atoms with Crippen LogP contribution in [0.15, 0.2) is 53.4 Å². The quantitative estimate of drug-likeness (QED) is 0.154. The van der Waals surface area contributed by atoms with Crippen LogP contribution in [0.25, 0.3) is 11.1 Å². The molecule has 1 nitrogen and oxygen atoms in total. The predicted molar refractivity (Wildman–Crippen MR) is 144 cm³/mol. The average molecular weight is 455 g/mol. The highest BCUT2D eigenvalue weighted by atomic mass is 32.2. The Balaban J connectivity index is 1.60. The number of hydrogen-bond donors (Lipinski definition) is 0. The lowest BCUT2D eigenvalue weighted by Gasteiger charge is -2.08. The summed E-state index contributed by atoms with van der Waals surface area (Å²) in [5.74, 6) is 2.22. The molecule has 0 amide bonds. The zero-order valence-electron chi connectivity index (χ0n) is 20.7. The fourth-order valence-corrected chi connectivity index (χ4v) is 4.90. The van der Waals surface area contributed by atoms with E-state index in [1.807, 2.05) is 11.8 Å². The molecule has 0 aliphatic heterocycles. The summed E-state index contributed by atoms with van der Waals surface area (Å²) in [5, 5.41) is 0. The highest BCUT2D eigenvalue weighted by Gasteiger charge is 2.01. The van der Waals surface area contributed by atoms with Crippen LogP contribution in [0.4, 0.5) is 0 Å². The van der Waals surface area contributed by atoms with Crippen molar-refractivity contribution in [3.8, 4) is 16.9 Å². The van der Waals surface area contributed by atoms with Gasteiger partial charge in [-0.1, -0.05) is 115 Å². The second-order valence-corrected chi connectivity index (χ2v) is 10.2. The SMILES string of the molecule is CCCCCCCCCCSc1ccc(-c2ccc(OCCCCCCCC)cc2)cc1. The first-order chi connectivity index (χ1) is 15.8. The Morgan fingerprint density at radius 3 is 1.56 bits per heavy atom. The van der Waals surface area contributed by atoms with E-state index in [1.165, 1.54) is 105 Å². The minimum Gasteiger partial charge on any atom is -0.494 e. The molecular weight excluding hydrogens is 408 g/mol. The van der Waals surface area contributed by atoms with Crippen LogP contribution in [-0.2, 0) is 0 Å². The molecular formula is C30H46OS. The highest BCUT2D eigenvalue weighted by molar-refractivity contribution is 7.99. The second kappa shape index (κ2) is 18.1. The van der Waals surface area contributed by atoms with Gasteiger partial charge in [-0.05, 0) is 54.0 Å². The van der Waals surface area contributed by atoms with Crippen LogP contribution < -0.4 is 4.74 Å². The lowest BCUT2D eigenvalue weighted by Crippen LogP contribution is -1.97. The van der Waals surface area contributed by atoms with Crippen molar-refractivity contribution in [1.82, 2.24) is 0 Å². The number of ether oxygens (including phenoxy) is 1. The zero-order chi connectivity index (χ0) is 22.7. The van der Waals surface area contributed by atoms with E-state index in [4.69, 9.17) is 4.74 Å². The van der Waals surface area contributed by atoms with Crippen molar-refractivity contribution in [3.63, 3.8) is 0 Å². The smallest absolute Gasteiger partial charge is 0.119 e. The average Bonchev–Trinajstić information content (AvgIpc) is 2.83. The van der Waals surface area contributed by atoms with Crippen LogP contribution in [0, 0.1) is 0 Å². The van der Waals surface area contributed by atoms with E-state index in [0.29, 0.717) is 0 Å². The number of thioether (sulfide) groups is 1. The van der Waals surface area contributed by atoms with E-state index in [9.17, 15) is 0 Å². The van der Waals surface area contributed by atoms with Crippen LogP contribution in [0.3, 0.4) is 0 Å². The number of benzene rings is 2. The van der Waals surface area contributed by atoms with E-state index in [2.05, 4.69) is 62.4 Å². The molecule has 0 atom stereocenters. The van der Waals surface area contributed by atoms with Gasteiger partial charge in [0.25, 0.3) is 0 Å². The Morgan fingerprint density at radius 1 is 0.531 bits per heavy atom. The molecule has 2 aromatic rings. The van der Waals surface area contributed by atoms with Crippen LogP contribution in [0.5, 0.6) is 5.75 Å². The van der Waals surface area contributed by atoms with Gasteiger partial charge in [0.2, 0.25) is 0 Å². The van der Waals surface area contributed by atoms with Crippen molar-refractivity contribution < 1.29 is 4.74 Å². The van der Waals surface area contributed by atoms with E-state index >= 15 is 0 Å². The second-order valence-electron chi connectivity index (χ2n) is 8.99. The summed E-state index contributed by atoms with van der Waals surface area (Å²) in [6.07, 6.45) is 18.9. The molecule has 0 aromatic heterocycles. The number of hydrogen-bond acceptors (Lipinski definition) is 2. The summed E-state index contributed by atoms with van der Waals surface area (Å²) in [6, 6.07) is 17.6. The van der Waals surface area contributed by atoms with Crippen LogP contribution in [0.2, 0.25) is 0 Å². The lowest BCUT2D eigenvalue weighted by atomic mass is 10.1. The van der Waals surface area contributed by atoms with Gasteiger partial charge in [-0.2, -0.15) is 0 Å². The van der Waals surface area contributed by atoms with Gasteiger partial charge in [-0.3, -0.25) is 0 Å². The van der Waals surface area contributed by atoms with Gasteiger partial charge in [-0.25, -0.2) is 0 Å². The molecule has 32 heavy (non-hydrogen) atoms. The van der Waals surface area contributed by atoms with Crippen molar-refractivity contribution in [2.75, 3.05) is 12.4 Å². The van der Waals surface area contributed by atoms with Crippen molar-refractivity contribution in [2.45, 2.75) is 109 Å². The molecule has 0 aliphatic rings. The Labute approximate surface area is 202 Å². The summed E-state index contributed by atoms with van der Waals surface area (Å²) in [5.41, 5.74) is 2.54. The monoisotopic (exact) mass is 454 g/mol. The zero-order valence-corrected chi connectivity index (χ0v) is 21.6. The van der Waals surface area contributed by atoms with Gasteiger partial charge in [0.15, 0.2) is 0 Å². The van der Waals surface area contributed by atoms with E-state index in [1.54, 1.807) is 0 Å². The molecule has 0 spiro atoms. The standard InChI is InChI=1S/C30H46OS/c1-3-5-7-9-11-12-14-16-26-32-30-23-19-28(20-24-30)27-17-21-29(22-18-27)31-25-15-13-10-8-6-4-2/h17-24H,3-16,25-26H2,1-2H3. The minimum atomic E-state index is 0.830. The van der Waals surface area contributed by atoms with E-state index < -0.39 is 0 Å². The van der Waals surface area contributed by atoms with Gasteiger partial charge >= 0.3 is 0 Å². The topological polar surface area (TPSA) is 9.23 Å². The Kier molecular flexibility index (Phi) is 15.2. The highest BCUT2D eigenvalue weighted by Crippen LogP contribution is 2.26. The first-order valence-corrected chi connectivity index (χ1v) is 14.3. The first-order valence-electron chi connectivity index (χ1n) is 13.3. The molecule has 2 aromatic carbocycles. The fraction of sp³-hybridized carbons (Fsp3) is 0.600. The van der Waals surface area contributed by atoms with Crippen molar-refractivity contribution in [1.29, 1.82) is 0 Å². The van der Waals surface area contributed by atoms with Crippen LogP contribution in [0.1, 0.15) is 104 Å². The largest absolute Gasteiger partial charge is 0.494 e. The van der Waals surface area contributed by atoms with Gasteiger partial charge in [0, 0.05) is 4.90 Å². The molecule has 0 saturated heterocycles. The molecule has 0 heterocycles. The van der Waals surface area contributed by atoms with Gasteiger partial charge in [-0.15, -0.1) is 11.8 Å². The number of unbranched alkanes of at least 4 members (excludes halogenated alkanes) is 12. The van der Waals surface area contributed by atoms with Crippen molar-refractivity contribution in [2.24, 2.45) is 0 Å². The minimum absolute atomic E-state index is 0.830. The first kappa shape index (κ1) is 26.8. The third kappa shape index (κ3) is 12.0. The Bertz CT molecular complexity index is 677. The third-order valence-electron chi connectivity index (χ3n) is 6.08. The van der Waals surface area contributed by atoms with Crippen LogP contribution >= 0.6 is 11.8 Å². The van der Waals surface area contributed by atoms with Crippen molar-refractivity contribution >= 4 is 11.8 Å². The lowest BCUT2D eigenvalue weighted by molar-refractivity contribution is 0.304. The summed E-state index contributed by atoms with van der Waals surface area (Å²) in [4.78, 5) is 1.38. The summed E-state index contributed by atoms with van der Waals surface area (Å²) in [6.45, 7) is 5.38. The normalized spacial score (nSPS) is 11.1. The molecule has 2 rings (SSSR count). The molecule has 0 saturated carbocycles. The van der Waals surface area contributed by atoms with E-state index in [0.717, 1.165) is 18.8 Å². The third-order valence-corrected chi connectivity index (χ3v) is 7.17. The molecule has 0 bridgehead atoms. The predicted octanol–water partition coefficient (Wildman–Crippen LogP) is 10.3. The molecule has 2 heteroatoms. The molecule has 0 fully saturated rings. The Morgan fingerprint density at radius 2 is 1.00 bits per heavy atom. The van der Waals surface area contributed by atoms with Crippen LogP contribution in [-0.4, -0.2) is 12.4 Å². The molecule has 0 aliphatic carbocycles. The maximum atomic E-state index is 5.92. The summed E-state index contributed by atoms with van der Waals surface area (Å²) < 4.78 is 5.92. The summed E-state index contributed by atoms with van der Waals surface area (Å²) >= 11 is 2.00.